The van der Waals surface area contributed by atoms with Crippen LogP contribution in [0.4, 0.5) is 0 Å². The third kappa shape index (κ3) is 2.74. The van der Waals surface area contributed by atoms with Gasteiger partial charge >= 0.3 is 0 Å². The molecule has 3 nitrogen and oxygen atoms in total. The van der Waals surface area contributed by atoms with E-state index in [0.717, 1.165) is 31.4 Å². The van der Waals surface area contributed by atoms with Crippen molar-refractivity contribution in [1.82, 2.24) is 0 Å². The zero-order chi connectivity index (χ0) is 11.4. The summed E-state index contributed by atoms with van der Waals surface area (Å²) in [7, 11) is 0. The maximum atomic E-state index is 5.98. The molecule has 0 spiro atoms. The third-order valence-corrected chi connectivity index (χ3v) is 3.10. The number of aryl methyl sites for hydroxylation is 1. The number of nitrogens with two attached hydrogens (primary N) is 2. The highest BCUT2D eigenvalue weighted by atomic mass is 16.5. The number of hydrogen-bond acceptors (Lipinski definition) is 3. The van der Waals surface area contributed by atoms with E-state index in [1.54, 1.807) is 0 Å². The molecule has 1 aliphatic heterocycles. The van der Waals surface area contributed by atoms with Crippen LogP contribution in [0.25, 0.3) is 0 Å². The minimum atomic E-state index is 0.167. The molecule has 0 aromatic heterocycles. The molecule has 2 rings (SSSR count). The molecule has 0 saturated carbocycles. The second-order valence-corrected chi connectivity index (χ2v) is 4.46. The summed E-state index contributed by atoms with van der Waals surface area (Å²) in [6.07, 6.45) is 4.20. The number of fused-ring (bicyclic) bond motifs is 1. The number of benzene rings is 1. The highest BCUT2D eigenvalue weighted by molar-refractivity contribution is 5.35. The quantitative estimate of drug-likeness (QED) is 0.807. The first-order valence-corrected chi connectivity index (χ1v) is 6.00. The van der Waals surface area contributed by atoms with Crippen LogP contribution < -0.4 is 16.2 Å². The van der Waals surface area contributed by atoms with Crippen LogP contribution in [0.15, 0.2) is 24.3 Å². The molecule has 0 fully saturated rings. The van der Waals surface area contributed by atoms with Gasteiger partial charge in [0.1, 0.15) is 11.9 Å². The van der Waals surface area contributed by atoms with Crippen molar-refractivity contribution in [3.63, 3.8) is 0 Å². The minimum Gasteiger partial charge on any atom is -0.490 e. The number of hydrogen-bond donors (Lipinski definition) is 2. The SMILES string of the molecule is NCCC(N)CC1CCc2ccccc2O1. The molecule has 1 aromatic rings. The fraction of sp³-hybridized carbons (Fsp3) is 0.538. The van der Waals surface area contributed by atoms with E-state index in [2.05, 4.69) is 12.1 Å². The van der Waals surface area contributed by atoms with Crippen molar-refractivity contribution in [2.75, 3.05) is 6.54 Å². The van der Waals surface area contributed by atoms with Gasteiger partial charge in [0.25, 0.3) is 0 Å². The zero-order valence-corrected chi connectivity index (χ0v) is 9.56. The van der Waals surface area contributed by atoms with Crippen LogP contribution >= 0.6 is 0 Å². The lowest BCUT2D eigenvalue weighted by molar-refractivity contribution is 0.154. The van der Waals surface area contributed by atoms with Crippen molar-refractivity contribution in [3.05, 3.63) is 29.8 Å². The molecule has 0 aliphatic carbocycles. The topological polar surface area (TPSA) is 61.3 Å². The first-order valence-electron chi connectivity index (χ1n) is 6.00. The summed E-state index contributed by atoms with van der Waals surface area (Å²) in [4.78, 5) is 0. The second kappa shape index (κ2) is 5.32. The van der Waals surface area contributed by atoms with Crippen LogP contribution in [0.5, 0.6) is 5.75 Å². The summed E-state index contributed by atoms with van der Waals surface area (Å²) >= 11 is 0. The van der Waals surface area contributed by atoms with Gasteiger partial charge in [0, 0.05) is 6.04 Å². The monoisotopic (exact) mass is 220 g/mol. The Morgan fingerprint density at radius 3 is 3.00 bits per heavy atom. The van der Waals surface area contributed by atoms with Crippen LogP contribution in [-0.2, 0) is 6.42 Å². The summed E-state index contributed by atoms with van der Waals surface area (Å²) in [5.74, 6) is 1.03. The van der Waals surface area contributed by atoms with Gasteiger partial charge in [-0.2, -0.15) is 0 Å². The lowest BCUT2D eigenvalue weighted by atomic mass is 9.97. The minimum absolute atomic E-state index is 0.167. The number of ether oxygens (including phenoxy) is 1. The van der Waals surface area contributed by atoms with E-state index >= 15 is 0 Å². The number of para-hydroxylation sites is 1. The van der Waals surface area contributed by atoms with Crippen LogP contribution in [-0.4, -0.2) is 18.7 Å². The number of rotatable bonds is 4. The van der Waals surface area contributed by atoms with E-state index in [-0.39, 0.29) is 12.1 Å². The maximum absolute atomic E-state index is 5.98. The van der Waals surface area contributed by atoms with Gasteiger partial charge in [-0.05, 0) is 43.9 Å². The average molecular weight is 220 g/mol. The highest BCUT2D eigenvalue weighted by Gasteiger charge is 2.21. The van der Waals surface area contributed by atoms with E-state index in [0.29, 0.717) is 6.54 Å². The van der Waals surface area contributed by atoms with Crippen LogP contribution in [0.3, 0.4) is 0 Å². The molecular weight excluding hydrogens is 200 g/mol. The van der Waals surface area contributed by atoms with Gasteiger partial charge in [-0.3, -0.25) is 0 Å². The van der Waals surface area contributed by atoms with E-state index in [9.17, 15) is 0 Å². The van der Waals surface area contributed by atoms with Crippen LogP contribution in [0.1, 0.15) is 24.8 Å². The summed E-state index contributed by atoms with van der Waals surface area (Å²) < 4.78 is 5.93. The Hall–Kier alpha value is -1.06. The van der Waals surface area contributed by atoms with Crippen molar-refractivity contribution < 1.29 is 4.74 Å². The molecule has 16 heavy (non-hydrogen) atoms. The Labute approximate surface area is 96.8 Å². The van der Waals surface area contributed by atoms with Gasteiger partial charge in [-0.25, -0.2) is 0 Å². The molecule has 1 aromatic carbocycles. The summed E-state index contributed by atoms with van der Waals surface area (Å²) in [5.41, 5.74) is 12.8. The predicted octanol–water partition coefficient (Wildman–Crippen LogP) is 1.45. The third-order valence-electron chi connectivity index (χ3n) is 3.10. The van der Waals surface area contributed by atoms with E-state index < -0.39 is 0 Å². The summed E-state index contributed by atoms with van der Waals surface area (Å²) in [5, 5.41) is 0. The lowest BCUT2D eigenvalue weighted by Gasteiger charge is -2.27. The van der Waals surface area contributed by atoms with Crippen LogP contribution in [0.2, 0.25) is 0 Å². The Bertz CT molecular complexity index is 340. The smallest absolute Gasteiger partial charge is 0.122 e. The van der Waals surface area contributed by atoms with Crippen molar-refractivity contribution in [2.45, 2.75) is 37.8 Å². The van der Waals surface area contributed by atoms with Crippen molar-refractivity contribution in [2.24, 2.45) is 11.5 Å². The summed E-state index contributed by atoms with van der Waals surface area (Å²) in [6.45, 7) is 0.657. The second-order valence-electron chi connectivity index (χ2n) is 4.46. The van der Waals surface area contributed by atoms with Crippen molar-refractivity contribution >= 4 is 0 Å². The molecule has 0 saturated heterocycles. The maximum Gasteiger partial charge on any atom is 0.122 e. The van der Waals surface area contributed by atoms with Crippen molar-refractivity contribution in [3.8, 4) is 5.75 Å². The fourth-order valence-corrected chi connectivity index (χ4v) is 2.22. The average Bonchev–Trinajstić information content (AvgIpc) is 2.29. The molecule has 4 N–H and O–H groups in total. The molecule has 0 bridgehead atoms. The van der Waals surface area contributed by atoms with E-state index in [1.807, 2.05) is 12.1 Å². The molecule has 1 aliphatic rings. The molecule has 3 heteroatoms. The lowest BCUT2D eigenvalue weighted by Crippen LogP contribution is -2.33. The Balaban J connectivity index is 1.92. The van der Waals surface area contributed by atoms with Crippen LogP contribution in [0, 0.1) is 0 Å². The predicted molar refractivity (Wildman–Crippen MR) is 65.4 cm³/mol. The molecular formula is C13H20N2O. The molecule has 88 valence electrons. The van der Waals surface area contributed by atoms with E-state index in [1.165, 1.54) is 5.56 Å². The molecule has 0 amide bonds. The van der Waals surface area contributed by atoms with Gasteiger partial charge in [0.05, 0.1) is 0 Å². The van der Waals surface area contributed by atoms with Gasteiger partial charge in [0.2, 0.25) is 0 Å². The van der Waals surface area contributed by atoms with Gasteiger partial charge < -0.3 is 16.2 Å². The first kappa shape index (κ1) is 11.4. The fourth-order valence-electron chi connectivity index (χ4n) is 2.22. The van der Waals surface area contributed by atoms with Crippen molar-refractivity contribution in [1.29, 1.82) is 0 Å². The largest absolute Gasteiger partial charge is 0.490 e. The standard InChI is InChI=1S/C13H20N2O/c14-8-7-11(15)9-12-6-5-10-3-1-2-4-13(10)16-12/h1-4,11-12H,5-9,14-15H2. The van der Waals surface area contributed by atoms with Gasteiger partial charge in [0.15, 0.2) is 0 Å². The molecule has 2 unspecified atom stereocenters. The Morgan fingerprint density at radius 1 is 1.38 bits per heavy atom. The first-order chi connectivity index (χ1) is 7.79. The zero-order valence-electron chi connectivity index (χ0n) is 9.56. The summed E-state index contributed by atoms with van der Waals surface area (Å²) in [6, 6.07) is 8.41. The Kier molecular flexibility index (Phi) is 3.80. The normalized spacial score (nSPS) is 21.0. The molecule has 2 atom stereocenters. The molecule has 0 radical (unpaired) electrons. The van der Waals surface area contributed by atoms with Gasteiger partial charge in [-0.1, -0.05) is 18.2 Å². The highest BCUT2D eigenvalue weighted by Crippen LogP contribution is 2.28. The van der Waals surface area contributed by atoms with Gasteiger partial charge in [-0.15, -0.1) is 0 Å². The van der Waals surface area contributed by atoms with E-state index in [4.69, 9.17) is 16.2 Å². The molecule has 1 heterocycles. The Morgan fingerprint density at radius 2 is 2.19 bits per heavy atom.